The standard InChI is InChI=1S/C11H18F6O5/c1-19-2-8(18)3-20-4-9(22-11(16,17)7-13)5-21-10(14,15)6-12/h8-9,18H,2-7H2,1H3. The van der Waals surface area contributed by atoms with E-state index >= 15 is 0 Å². The van der Waals surface area contributed by atoms with Crippen molar-refractivity contribution in [1.29, 1.82) is 0 Å². The molecule has 5 nitrogen and oxygen atoms in total. The number of hydrogen-bond acceptors (Lipinski definition) is 5. The van der Waals surface area contributed by atoms with Crippen LogP contribution in [0.15, 0.2) is 0 Å². The highest BCUT2D eigenvalue weighted by molar-refractivity contribution is 4.63. The third-order valence-corrected chi connectivity index (χ3v) is 2.10. The van der Waals surface area contributed by atoms with E-state index < -0.39 is 51.0 Å². The molecule has 1 N–H and O–H groups in total. The zero-order valence-corrected chi connectivity index (χ0v) is 11.7. The summed E-state index contributed by atoms with van der Waals surface area (Å²) in [4.78, 5) is 0. The third-order valence-electron chi connectivity index (χ3n) is 2.10. The van der Waals surface area contributed by atoms with E-state index in [2.05, 4.69) is 14.2 Å². The van der Waals surface area contributed by atoms with E-state index in [4.69, 9.17) is 4.74 Å². The van der Waals surface area contributed by atoms with Crippen molar-refractivity contribution in [2.75, 3.05) is 46.9 Å². The number of ether oxygens (including phenoxy) is 4. The van der Waals surface area contributed by atoms with E-state index in [9.17, 15) is 31.4 Å². The molecule has 0 aromatic rings. The predicted molar refractivity (Wildman–Crippen MR) is 61.4 cm³/mol. The van der Waals surface area contributed by atoms with Crippen LogP contribution in [-0.2, 0) is 18.9 Å². The number of aliphatic hydroxyl groups excluding tert-OH is 1. The highest BCUT2D eigenvalue weighted by Crippen LogP contribution is 2.21. The van der Waals surface area contributed by atoms with Crippen molar-refractivity contribution in [3.05, 3.63) is 0 Å². The number of methoxy groups -OCH3 is 1. The van der Waals surface area contributed by atoms with Crippen molar-refractivity contribution in [3.63, 3.8) is 0 Å². The minimum atomic E-state index is -4.23. The average molecular weight is 344 g/mol. The molecule has 0 aliphatic heterocycles. The zero-order valence-electron chi connectivity index (χ0n) is 11.7. The molecule has 0 saturated carbocycles. The maximum atomic E-state index is 12.8. The van der Waals surface area contributed by atoms with Gasteiger partial charge in [-0.2, -0.15) is 17.6 Å². The summed E-state index contributed by atoms with van der Waals surface area (Å²) in [7, 11) is 1.30. The van der Waals surface area contributed by atoms with Crippen molar-refractivity contribution >= 4 is 0 Å². The summed E-state index contributed by atoms with van der Waals surface area (Å²) in [6, 6.07) is 0. The van der Waals surface area contributed by atoms with Crippen molar-refractivity contribution in [2.24, 2.45) is 0 Å². The van der Waals surface area contributed by atoms with Crippen LogP contribution in [0.4, 0.5) is 26.3 Å². The zero-order chi connectivity index (χ0) is 17.2. The van der Waals surface area contributed by atoms with Crippen LogP contribution in [0.1, 0.15) is 0 Å². The molecule has 11 heteroatoms. The summed E-state index contributed by atoms with van der Waals surface area (Å²) < 4.78 is 91.6. The van der Waals surface area contributed by atoms with Gasteiger partial charge in [-0.1, -0.05) is 0 Å². The molecular formula is C11H18F6O5. The number of halogens is 6. The summed E-state index contributed by atoms with van der Waals surface area (Å²) in [5, 5.41) is 9.24. The Morgan fingerprint density at radius 1 is 0.909 bits per heavy atom. The second kappa shape index (κ2) is 10.2. The number of alkyl halides is 6. The van der Waals surface area contributed by atoms with Gasteiger partial charge in [0.25, 0.3) is 0 Å². The van der Waals surface area contributed by atoms with Crippen LogP contribution in [0.2, 0.25) is 0 Å². The second-order valence-electron chi connectivity index (χ2n) is 4.24. The maximum absolute atomic E-state index is 12.8. The molecule has 0 aliphatic rings. The van der Waals surface area contributed by atoms with Gasteiger partial charge in [-0.05, 0) is 0 Å². The lowest BCUT2D eigenvalue weighted by molar-refractivity contribution is -0.308. The van der Waals surface area contributed by atoms with Crippen molar-refractivity contribution < 1.29 is 50.4 Å². The van der Waals surface area contributed by atoms with Gasteiger partial charge in [0.2, 0.25) is 0 Å². The molecule has 0 aromatic carbocycles. The smallest absolute Gasteiger partial charge is 0.384 e. The van der Waals surface area contributed by atoms with Crippen LogP contribution in [0.5, 0.6) is 0 Å². The van der Waals surface area contributed by atoms with Gasteiger partial charge in [0.05, 0.1) is 26.4 Å². The molecular weight excluding hydrogens is 326 g/mol. The van der Waals surface area contributed by atoms with Crippen LogP contribution in [0.3, 0.4) is 0 Å². The molecule has 0 rings (SSSR count). The van der Waals surface area contributed by atoms with Gasteiger partial charge in [-0.15, -0.1) is 0 Å². The average Bonchev–Trinajstić information content (AvgIpc) is 2.45. The van der Waals surface area contributed by atoms with E-state index in [-0.39, 0.29) is 13.2 Å². The Bertz CT molecular complexity index is 294. The fourth-order valence-corrected chi connectivity index (χ4v) is 1.22. The van der Waals surface area contributed by atoms with Crippen molar-refractivity contribution in [2.45, 2.75) is 24.4 Å². The van der Waals surface area contributed by atoms with Crippen LogP contribution >= 0.6 is 0 Å². The molecule has 2 unspecified atom stereocenters. The Morgan fingerprint density at radius 3 is 2.00 bits per heavy atom. The van der Waals surface area contributed by atoms with Gasteiger partial charge in [-0.25, -0.2) is 8.78 Å². The highest BCUT2D eigenvalue weighted by atomic mass is 19.3. The molecule has 0 heterocycles. The Kier molecular flexibility index (Phi) is 9.92. The van der Waals surface area contributed by atoms with E-state index in [1.54, 1.807) is 0 Å². The molecule has 0 radical (unpaired) electrons. The molecule has 0 amide bonds. The minimum absolute atomic E-state index is 0.109. The maximum Gasteiger partial charge on any atom is 0.384 e. The lowest BCUT2D eigenvalue weighted by Crippen LogP contribution is -2.39. The molecule has 0 saturated heterocycles. The summed E-state index contributed by atoms with van der Waals surface area (Å²) in [5.74, 6) is 0. The van der Waals surface area contributed by atoms with Gasteiger partial charge < -0.3 is 24.1 Å². The monoisotopic (exact) mass is 344 g/mol. The topological polar surface area (TPSA) is 57.2 Å². The van der Waals surface area contributed by atoms with E-state index in [1.165, 1.54) is 7.11 Å². The van der Waals surface area contributed by atoms with Crippen molar-refractivity contribution in [1.82, 2.24) is 0 Å². The molecule has 0 bridgehead atoms. The van der Waals surface area contributed by atoms with Gasteiger partial charge >= 0.3 is 12.2 Å². The first-order valence-electron chi connectivity index (χ1n) is 6.10. The summed E-state index contributed by atoms with van der Waals surface area (Å²) >= 11 is 0. The Labute approximate surface area is 123 Å². The normalized spacial score (nSPS) is 15.8. The minimum Gasteiger partial charge on any atom is -0.388 e. The van der Waals surface area contributed by atoms with Crippen LogP contribution in [-0.4, -0.2) is 76.4 Å². The van der Waals surface area contributed by atoms with Gasteiger partial charge in [-0.3, -0.25) is 0 Å². The Balaban J connectivity index is 4.40. The predicted octanol–water partition coefficient (Wildman–Crippen LogP) is 1.54. The lowest BCUT2D eigenvalue weighted by atomic mass is 10.3. The number of hydrogen-bond donors (Lipinski definition) is 1. The summed E-state index contributed by atoms with van der Waals surface area (Å²) in [5.41, 5.74) is 0. The molecule has 0 fully saturated rings. The molecule has 2 atom stereocenters. The van der Waals surface area contributed by atoms with E-state index in [0.29, 0.717) is 0 Å². The quantitative estimate of drug-likeness (QED) is 0.514. The Hall–Kier alpha value is -0.620. The van der Waals surface area contributed by atoms with Crippen LogP contribution in [0.25, 0.3) is 0 Å². The highest BCUT2D eigenvalue weighted by Gasteiger charge is 2.37. The number of rotatable bonds is 13. The van der Waals surface area contributed by atoms with E-state index in [0.717, 1.165) is 0 Å². The fourth-order valence-electron chi connectivity index (χ4n) is 1.22. The summed E-state index contributed by atoms with van der Waals surface area (Å²) in [6.07, 6.45) is -11.3. The van der Waals surface area contributed by atoms with Crippen molar-refractivity contribution in [3.8, 4) is 0 Å². The van der Waals surface area contributed by atoms with Gasteiger partial charge in [0.1, 0.15) is 12.2 Å². The Morgan fingerprint density at radius 2 is 1.50 bits per heavy atom. The molecule has 22 heavy (non-hydrogen) atoms. The van der Waals surface area contributed by atoms with Crippen LogP contribution < -0.4 is 0 Å². The SMILES string of the molecule is COCC(O)COCC(COC(F)(F)CF)OC(F)(F)CF. The van der Waals surface area contributed by atoms with Gasteiger partial charge in [0, 0.05) is 7.11 Å². The molecule has 0 aliphatic carbocycles. The lowest BCUT2D eigenvalue weighted by Gasteiger charge is -2.24. The van der Waals surface area contributed by atoms with Crippen LogP contribution in [0, 0.1) is 0 Å². The fraction of sp³-hybridized carbons (Fsp3) is 1.00. The second-order valence-corrected chi connectivity index (χ2v) is 4.24. The first-order chi connectivity index (χ1) is 10.2. The molecule has 134 valence electrons. The molecule has 0 spiro atoms. The van der Waals surface area contributed by atoms with E-state index in [1.807, 2.05) is 0 Å². The number of aliphatic hydroxyl groups is 1. The molecule has 0 aromatic heterocycles. The first-order valence-corrected chi connectivity index (χ1v) is 6.10. The summed E-state index contributed by atoms with van der Waals surface area (Å²) in [6.45, 7) is -6.69. The van der Waals surface area contributed by atoms with Gasteiger partial charge in [0.15, 0.2) is 13.3 Å². The first kappa shape index (κ1) is 21.4. The largest absolute Gasteiger partial charge is 0.388 e. The third kappa shape index (κ3) is 10.2.